The maximum absolute atomic E-state index is 12.9. The molecule has 1 N–H and O–H groups in total. The fourth-order valence-electron chi connectivity index (χ4n) is 3.16. The molecule has 1 fully saturated rings. The van der Waals surface area contributed by atoms with Crippen molar-refractivity contribution in [3.63, 3.8) is 0 Å². The van der Waals surface area contributed by atoms with Gasteiger partial charge in [0, 0.05) is 30.7 Å². The van der Waals surface area contributed by atoms with Crippen molar-refractivity contribution in [3.8, 4) is 0 Å². The number of aromatic nitrogens is 4. The van der Waals surface area contributed by atoms with Crippen molar-refractivity contribution in [1.82, 2.24) is 24.8 Å². The molecule has 0 saturated carbocycles. The summed E-state index contributed by atoms with van der Waals surface area (Å²) in [5, 5.41) is 3.04. The van der Waals surface area contributed by atoms with E-state index in [1.54, 1.807) is 24.8 Å². The Hall–Kier alpha value is -3.35. The lowest BCUT2D eigenvalue weighted by atomic mass is 10.1. The summed E-state index contributed by atoms with van der Waals surface area (Å²) in [7, 11) is 0. The highest BCUT2D eigenvalue weighted by molar-refractivity contribution is 5.94. The predicted molar refractivity (Wildman–Crippen MR) is 96.8 cm³/mol. The van der Waals surface area contributed by atoms with Gasteiger partial charge in [-0.25, -0.2) is 15.0 Å². The van der Waals surface area contributed by atoms with Gasteiger partial charge < -0.3 is 10.2 Å². The van der Waals surface area contributed by atoms with E-state index in [4.69, 9.17) is 0 Å². The summed E-state index contributed by atoms with van der Waals surface area (Å²) in [6.07, 6.45) is 8.36. The van der Waals surface area contributed by atoms with Gasteiger partial charge in [-0.2, -0.15) is 0 Å². The molecule has 130 valence electrons. The Morgan fingerprint density at radius 2 is 1.96 bits per heavy atom. The largest absolute Gasteiger partial charge is 0.330 e. The maximum Gasteiger partial charge on any atom is 0.254 e. The van der Waals surface area contributed by atoms with Crippen LogP contribution in [0.1, 0.15) is 34.9 Å². The fourth-order valence-corrected chi connectivity index (χ4v) is 3.16. The first-order chi connectivity index (χ1) is 12.8. The Bertz CT molecular complexity index is 887. The van der Waals surface area contributed by atoms with Gasteiger partial charge in [-0.15, -0.1) is 0 Å². The van der Waals surface area contributed by atoms with Gasteiger partial charge in [0.25, 0.3) is 5.91 Å². The van der Waals surface area contributed by atoms with Crippen molar-refractivity contribution in [2.75, 3.05) is 11.9 Å². The highest BCUT2D eigenvalue weighted by atomic mass is 16.2. The number of nitrogens with zero attached hydrogens (tertiary/aromatic N) is 5. The van der Waals surface area contributed by atoms with E-state index < -0.39 is 0 Å². The molecule has 0 aliphatic carbocycles. The minimum Gasteiger partial charge on any atom is -0.330 e. The molecule has 0 radical (unpaired) electrons. The van der Waals surface area contributed by atoms with Crippen molar-refractivity contribution >= 4 is 17.7 Å². The first-order valence-electron chi connectivity index (χ1n) is 8.53. The Morgan fingerprint density at radius 3 is 2.77 bits per heavy atom. The van der Waals surface area contributed by atoms with Gasteiger partial charge in [-0.05, 0) is 31.0 Å². The fraction of sp³-hybridized carbons (Fsp3) is 0.211. The minimum absolute atomic E-state index is 0.0372. The average molecular weight is 346 g/mol. The zero-order valence-corrected chi connectivity index (χ0v) is 14.1. The number of anilines is 2. The van der Waals surface area contributed by atoms with E-state index in [-0.39, 0.29) is 11.9 Å². The standard InChI is InChI=1S/C19H18N6O/c26-18(14-5-2-1-3-6-14)25-12-4-7-16(25)15-8-9-22-19(23-15)24-17-13-20-10-11-21-17/h1-3,5-6,8-11,13,16H,4,7,12H2,(H,21,22,23,24). The van der Waals surface area contributed by atoms with Gasteiger partial charge in [0.1, 0.15) is 0 Å². The third-order valence-electron chi connectivity index (χ3n) is 4.36. The minimum atomic E-state index is -0.0480. The molecule has 1 unspecified atom stereocenters. The van der Waals surface area contributed by atoms with E-state index in [0.29, 0.717) is 17.3 Å². The average Bonchev–Trinajstić information content (AvgIpc) is 3.19. The van der Waals surface area contributed by atoms with Crippen LogP contribution >= 0.6 is 0 Å². The summed E-state index contributed by atoms with van der Waals surface area (Å²) in [5.74, 6) is 1.06. The van der Waals surface area contributed by atoms with E-state index in [0.717, 1.165) is 25.1 Å². The van der Waals surface area contributed by atoms with Crippen molar-refractivity contribution in [2.24, 2.45) is 0 Å². The quantitative estimate of drug-likeness (QED) is 0.782. The summed E-state index contributed by atoms with van der Waals surface area (Å²) in [4.78, 5) is 31.8. The van der Waals surface area contributed by atoms with Gasteiger partial charge in [-0.1, -0.05) is 18.2 Å². The van der Waals surface area contributed by atoms with E-state index in [9.17, 15) is 4.79 Å². The molecule has 1 atom stereocenters. The number of likely N-dealkylation sites (tertiary alicyclic amines) is 1. The molecule has 4 rings (SSSR count). The van der Waals surface area contributed by atoms with Gasteiger partial charge in [-0.3, -0.25) is 9.78 Å². The number of hydrogen-bond acceptors (Lipinski definition) is 6. The summed E-state index contributed by atoms with van der Waals surface area (Å²) in [5.41, 5.74) is 1.53. The van der Waals surface area contributed by atoms with Crippen molar-refractivity contribution in [1.29, 1.82) is 0 Å². The molecule has 3 aromatic rings. The lowest BCUT2D eigenvalue weighted by Crippen LogP contribution is -2.31. The van der Waals surface area contributed by atoms with Gasteiger partial charge in [0.15, 0.2) is 5.82 Å². The number of nitrogens with one attached hydrogen (secondary N) is 1. The lowest BCUT2D eigenvalue weighted by molar-refractivity contribution is 0.0733. The molecule has 1 aliphatic rings. The Balaban J connectivity index is 1.56. The van der Waals surface area contributed by atoms with E-state index in [1.165, 1.54) is 0 Å². The molecule has 26 heavy (non-hydrogen) atoms. The van der Waals surface area contributed by atoms with Gasteiger partial charge in [0.05, 0.1) is 17.9 Å². The van der Waals surface area contributed by atoms with Crippen LogP contribution in [0, 0.1) is 0 Å². The Morgan fingerprint density at radius 1 is 1.08 bits per heavy atom. The molecule has 0 spiro atoms. The molecule has 3 heterocycles. The summed E-state index contributed by atoms with van der Waals surface area (Å²) < 4.78 is 0. The van der Waals surface area contributed by atoms with Crippen molar-refractivity contribution in [2.45, 2.75) is 18.9 Å². The lowest BCUT2D eigenvalue weighted by Gasteiger charge is -2.24. The number of benzene rings is 1. The zero-order chi connectivity index (χ0) is 17.8. The van der Waals surface area contributed by atoms with Crippen LogP contribution in [0.4, 0.5) is 11.8 Å². The maximum atomic E-state index is 12.9. The number of hydrogen-bond donors (Lipinski definition) is 1. The Labute approximate surface area is 151 Å². The molecule has 7 heteroatoms. The zero-order valence-electron chi connectivity index (χ0n) is 14.1. The normalized spacial score (nSPS) is 16.5. The monoisotopic (exact) mass is 346 g/mol. The molecular formula is C19H18N6O. The first kappa shape index (κ1) is 16.1. The molecule has 2 aromatic heterocycles. The molecule has 1 amide bonds. The topological polar surface area (TPSA) is 83.9 Å². The number of carbonyl (C=O) groups is 1. The number of amides is 1. The van der Waals surface area contributed by atoms with Crippen molar-refractivity contribution in [3.05, 3.63) is 72.4 Å². The second-order valence-corrected chi connectivity index (χ2v) is 6.04. The molecule has 7 nitrogen and oxygen atoms in total. The van der Waals surface area contributed by atoms with Crippen LogP contribution in [0.5, 0.6) is 0 Å². The third-order valence-corrected chi connectivity index (χ3v) is 4.36. The predicted octanol–water partition coefficient (Wildman–Crippen LogP) is 2.99. The highest BCUT2D eigenvalue weighted by Crippen LogP contribution is 2.32. The van der Waals surface area contributed by atoms with Crippen LogP contribution in [-0.2, 0) is 0 Å². The molecule has 1 saturated heterocycles. The number of carbonyl (C=O) groups excluding carboxylic acids is 1. The summed E-state index contributed by atoms with van der Waals surface area (Å²) in [6.45, 7) is 0.731. The molecule has 1 aromatic carbocycles. The first-order valence-corrected chi connectivity index (χ1v) is 8.53. The Kier molecular flexibility index (Phi) is 4.51. The van der Waals surface area contributed by atoms with Crippen LogP contribution in [0.2, 0.25) is 0 Å². The molecule has 0 bridgehead atoms. The second kappa shape index (κ2) is 7.26. The molecule has 1 aliphatic heterocycles. The summed E-state index contributed by atoms with van der Waals surface area (Å²) >= 11 is 0. The van der Waals surface area contributed by atoms with Crippen LogP contribution in [0.25, 0.3) is 0 Å². The second-order valence-electron chi connectivity index (χ2n) is 6.04. The smallest absolute Gasteiger partial charge is 0.254 e. The van der Waals surface area contributed by atoms with E-state index in [1.807, 2.05) is 41.3 Å². The van der Waals surface area contributed by atoms with Crippen LogP contribution in [0.3, 0.4) is 0 Å². The number of rotatable bonds is 4. The van der Waals surface area contributed by atoms with Crippen LogP contribution in [-0.4, -0.2) is 37.3 Å². The molecular weight excluding hydrogens is 328 g/mol. The third kappa shape index (κ3) is 3.37. The summed E-state index contributed by atoms with van der Waals surface area (Å²) in [6, 6.07) is 11.2. The van der Waals surface area contributed by atoms with Gasteiger partial charge in [0.2, 0.25) is 5.95 Å². The van der Waals surface area contributed by atoms with Crippen LogP contribution in [0.15, 0.2) is 61.2 Å². The van der Waals surface area contributed by atoms with Crippen molar-refractivity contribution < 1.29 is 4.79 Å². The van der Waals surface area contributed by atoms with E-state index in [2.05, 4.69) is 25.3 Å². The highest BCUT2D eigenvalue weighted by Gasteiger charge is 2.31. The van der Waals surface area contributed by atoms with Crippen LogP contribution < -0.4 is 5.32 Å². The van der Waals surface area contributed by atoms with E-state index >= 15 is 0 Å². The SMILES string of the molecule is O=C(c1ccccc1)N1CCCC1c1ccnc(Nc2cnccn2)n1. The van der Waals surface area contributed by atoms with Gasteiger partial charge >= 0.3 is 0 Å².